The van der Waals surface area contributed by atoms with Crippen molar-refractivity contribution < 1.29 is 4.79 Å². The lowest BCUT2D eigenvalue weighted by Gasteiger charge is -2.34. The molecule has 0 spiro atoms. The Hall–Kier alpha value is -1.55. The fourth-order valence-corrected chi connectivity index (χ4v) is 3.77. The fraction of sp³-hybridized carbons (Fsp3) is 0.632. The number of nitrogens with one attached hydrogen (secondary N) is 1. The van der Waals surface area contributed by atoms with E-state index < -0.39 is 0 Å². The minimum Gasteiger partial charge on any atom is -0.382 e. The van der Waals surface area contributed by atoms with Gasteiger partial charge in [0.15, 0.2) is 0 Å². The van der Waals surface area contributed by atoms with Crippen molar-refractivity contribution in [2.24, 2.45) is 17.6 Å². The highest BCUT2D eigenvalue weighted by molar-refractivity contribution is 5.76. The number of nitrogens with zero attached hydrogens (tertiary/aromatic N) is 1. The van der Waals surface area contributed by atoms with Gasteiger partial charge in [0.25, 0.3) is 0 Å². The molecule has 3 rings (SSSR count). The molecule has 1 saturated carbocycles. The molecule has 1 heterocycles. The van der Waals surface area contributed by atoms with Gasteiger partial charge in [0.2, 0.25) is 5.91 Å². The van der Waals surface area contributed by atoms with E-state index in [1.807, 2.05) is 0 Å². The van der Waals surface area contributed by atoms with Crippen molar-refractivity contribution in [3.63, 3.8) is 0 Å². The van der Waals surface area contributed by atoms with Gasteiger partial charge in [0.05, 0.1) is 5.92 Å². The van der Waals surface area contributed by atoms with Crippen LogP contribution in [0, 0.1) is 11.8 Å². The van der Waals surface area contributed by atoms with Crippen molar-refractivity contribution >= 4 is 11.6 Å². The Morgan fingerprint density at radius 3 is 2.78 bits per heavy atom. The summed E-state index contributed by atoms with van der Waals surface area (Å²) < 4.78 is 0. The predicted octanol–water partition coefficient (Wildman–Crippen LogP) is 2.98. The average molecular weight is 315 g/mol. The van der Waals surface area contributed by atoms with Crippen molar-refractivity contribution in [1.82, 2.24) is 4.90 Å². The molecule has 2 fully saturated rings. The van der Waals surface area contributed by atoms with Crippen molar-refractivity contribution in [3.05, 3.63) is 29.8 Å². The van der Waals surface area contributed by atoms with Gasteiger partial charge in [-0.2, -0.15) is 0 Å². The lowest BCUT2D eigenvalue weighted by molar-refractivity contribution is -0.123. The van der Waals surface area contributed by atoms with E-state index in [0.29, 0.717) is 6.04 Å². The van der Waals surface area contributed by atoms with Gasteiger partial charge in [-0.25, -0.2) is 0 Å². The van der Waals surface area contributed by atoms with E-state index in [2.05, 4.69) is 41.4 Å². The maximum atomic E-state index is 11.5. The summed E-state index contributed by atoms with van der Waals surface area (Å²) in [5.74, 6) is 0.676. The number of likely N-dealkylation sites (tertiary alicyclic amines) is 1. The van der Waals surface area contributed by atoms with Gasteiger partial charge < -0.3 is 11.1 Å². The molecule has 1 amide bonds. The van der Waals surface area contributed by atoms with Crippen LogP contribution in [-0.4, -0.2) is 29.9 Å². The highest BCUT2D eigenvalue weighted by Crippen LogP contribution is 2.32. The molecular formula is C19H29N3O. The van der Waals surface area contributed by atoms with E-state index in [4.69, 9.17) is 5.73 Å². The van der Waals surface area contributed by atoms with Gasteiger partial charge in [-0.05, 0) is 56.7 Å². The molecule has 0 unspecified atom stereocenters. The highest BCUT2D eigenvalue weighted by Gasteiger charge is 2.26. The molecule has 0 aromatic heterocycles. The second-order valence-corrected chi connectivity index (χ2v) is 7.26. The van der Waals surface area contributed by atoms with Crippen LogP contribution in [0.1, 0.15) is 44.6 Å². The number of benzene rings is 1. The minimum absolute atomic E-state index is 0.0118. The van der Waals surface area contributed by atoms with E-state index in [-0.39, 0.29) is 11.8 Å². The van der Waals surface area contributed by atoms with Crippen LogP contribution < -0.4 is 11.1 Å². The lowest BCUT2D eigenvalue weighted by atomic mass is 9.80. The number of anilines is 1. The van der Waals surface area contributed by atoms with Gasteiger partial charge in [-0.3, -0.25) is 9.69 Å². The summed E-state index contributed by atoms with van der Waals surface area (Å²) in [4.78, 5) is 13.8. The molecule has 126 valence electrons. The molecule has 0 bridgehead atoms. The Bertz CT molecular complexity index is 541. The molecule has 0 radical (unpaired) electrons. The molecule has 1 saturated heterocycles. The Labute approximate surface area is 139 Å². The third-order valence-corrected chi connectivity index (χ3v) is 5.56. The number of nitrogens with two attached hydrogens (primary N) is 1. The average Bonchev–Trinajstić information content (AvgIpc) is 2.47. The molecule has 1 aromatic rings. The van der Waals surface area contributed by atoms with Crippen LogP contribution in [0.3, 0.4) is 0 Å². The van der Waals surface area contributed by atoms with Crippen LogP contribution in [-0.2, 0) is 11.3 Å². The SMILES string of the molecule is C[C@@H](Nc1ccccc1CN1CCC[C@@H](C(N)=O)C1)C1CCC1. The summed E-state index contributed by atoms with van der Waals surface area (Å²) in [6.45, 7) is 5.03. The molecule has 23 heavy (non-hydrogen) atoms. The summed E-state index contributed by atoms with van der Waals surface area (Å²) in [5, 5.41) is 3.72. The zero-order valence-corrected chi connectivity index (χ0v) is 14.1. The molecule has 1 aromatic carbocycles. The zero-order chi connectivity index (χ0) is 16.2. The number of hydrogen-bond acceptors (Lipinski definition) is 3. The second kappa shape index (κ2) is 7.35. The first kappa shape index (κ1) is 16.3. The smallest absolute Gasteiger partial charge is 0.221 e. The van der Waals surface area contributed by atoms with Gasteiger partial charge in [0.1, 0.15) is 0 Å². The molecule has 4 nitrogen and oxygen atoms in total. The summed E-state index contributed by atoms with van der Waals surface area (Å²) >= 11 is 0. The maximum Gasteiger partial charge on any atom is 0.221 e. The molecule has 1 aliphatic heterocycles. The molecular weight excluding hydrogens is 286 g/mol. The molecule has 2 aliphatic rings. The quantitative estimate of drug-likeness (QED) is 0.848. The van der Waals surface area contributed by atoms with Crippen molar-refractivity contribution in [2.75, 3.05) is 18.4 Å². The second-order valence-electron chi connectivity index (χ2n) is 7.26. The number of amides is 1. The normalized spacial score (nSPS) is 24.0. The topological polar surface area (TPSA) is 58.4 Å². The van der Waals surface area contributed by atoms with Crippen molar-refractivity contribution in [3.8, 4) is 0 Å². The first-order valence-corrected chi connectivity index (χ1v) is 8.99. The van der Waals surface area contributed by atoms with Gasteiger partial charge >= 0.3 is 0 Å². The van der Waals surface area contributed by atoms with Crippen LogP contribution in [0.2, 0.25) is 0 Å². The third-order valence-electron chi connectivity index (χ3n) is 5.56. The maximum absolute atomic E-state index is 11.5. The van der Waals surface area contributed by atoms with E-state index in [0.717, 1.165) is 38.4 Å². The monoisotopic (exact) mass is 315 g/mol. The number of para-hydroxylation sites is 1. The number of rotatable bonds is 6. The lowest BCUT2D eigenvalue weighted by Crippen LogP contribution is -2.40. The number of primary amides is 1. The standard InChI is InChI=1S/C19H29N3O/c1-14(15-7-4-8-15)21-18-10-3-2-6-16(18)12-22-11-5-9-17(13-22)19(20)23/h2-3,6,10,14-15,17,21H,4-5,7-9,11-13H2,1H3,(H2,20,23)/t14-,17-/m1/s1. The summed E-state index contributed by atoms with van der Waals surface area (Å²) in [7, 11) is 0. The minimum atomic E-state index is -0.153. The van der Waals surface area contributed by atoms with Crippen LogP contribution in [0.5, 0.6) is 0 Å². The van der Waals surface area contributed by atoms with Gasteiger partial charge in [0, 0.05) is 24.8 Å². The fourth-order valence-electron chi connectivity index (χ4n) is 3.77. The van der Waals surface area contributed by atoms with Crippen LogP contribution in [0.25, 0.3) is 0 Å². The third kappa shape index (κ3) is 4.05. The first-order valence-electron chi connectivity index (χ1n) is 8.99. The van der Waals surface area contributed by atoms with Crippen molar-refractivity contribution in [1.29, 1.82) is 0 Å². The summed E-state index contributed by atoms with van der Waals surface area (Å²) in [6, 6.07) is 9.11. The molecule has 3 N–H and O–H groups in total. The molecule has 1 aliphatic carbocycles. The van der Waals surface area contributed by atoms with Crippen LogP contribution >= 0.6 is 0 Å². The zero-order valence-electron chi connectivity index (χ0n) is 14.1. The number of piperidine rings is 1. The van der Waals surface area contributed by atoms with Gasteiger partial charge in [-0.1, -0.05) is 24.6 Å². The van der Waals surface area contributed by atoms with E-state index in [1.165, 1.54) is 30.5 Å². The van der Waals surface area contributed by atoms with E-state index in [9.17, 15) is 4.79 Å². The van der Waals surface area contributed by atoms with E-state index in [1.54, 1.807) is 0 Å². The Morgan fingerprint density at radius 2 is 2.09 bits per heavy atom. The largest absolute Gasteiger partial charge is 0.382 e. The number of carbonyl (C=O) groups excluding carboxylic acids is 1. The Balaban J connectivity index is 1.64. The van der Waals surface area contributed by atoms with Crippen molar-refractivity contribution in [2.45, 2.75) is 51.6 Å². The highest BCUT2D eigenvalue weighted by atomic mass is 16.1. The summed E-state index contributed by atoms with van der Waals surface area (Å²) in [5.41, 5.74) is 8.06. The molecule has 2 atom stereocenters. The summed E-state index contributed by atoms with van der Waals surface area (Å²) in [6.07, 6.45) is 6.07. The molecule has 4 heteroatoms. The Kier molecular flexibility index (Phi) is 5.21. The van der Waals surface area contributed by atoms with E-state index >= 15 is 0 Å². The first-order chi connectivity index (χ1) is 11.1. The number of hydrogen-bond donors (Lipinski definition) is 2. The van der Waals surface area contributed by atoms with Crippen LogP contribution in [0.4, 0.5) is 5.69 Å². The predicted molar refractivity (Wildman–Crippen MR) is 94.1 cm³/mol. The van der Waals surface area contributed by atoms with Crippen LogP contribution in [0.15, 0.2) is 24.3 Å². The Morgan fingerprint density at radius 1 is 1.30 bits per heavy atom. The number of carbonyl (C=O) groups is 1. The van der Waals surface area contributed by atoms with Gasteiger partial charge in [-0.15, -0.1) is 0 Å².